The van der Waals surface area contributed by atoms with Gasteiger partial charge in [-0.05, 0) is 28.0 Å². The summed E-state index contributed by atoms with van der Waals surface area (Å²) in [4.78, 5) is 7.14. The molecule has 0 spiro atoms. The van der Waals surface area contributed by atoms with Crippen molar-refractivity contribution in [2.24, 2.45) is 0 Å². The minimum absolute atomic E-state index is 0.182. The molecule has 3 aromatic carbocycles. The van der Waals surface area contributed by atoms with Crippen molar-refractivity contribution in [3.63, 3.8) is 0 Å². The minimum atomic E-state index is 0.182. The van der Waals surface area contributed by atoms with Gasteiger partial charge in [0.2, 0.25) is 0 Å². The number of anilines is 1. The number of nitrogens with zero attached hydrogens (tertiary/aromatic N) is 3. The molecule has 5 heteroatoms. The number of benzene rings is 3. The highest BCUT2D eigenvalue weighted by atomic mass is 16.5. The van der Waals surface area contributed by atoms with Crippen LogP contribution in [-0.2, 0) is 11.3 Å². The summed E-state index contributed by atoms with van der Waals surface area (Å²) < 4.78 is 7.78. The van der Waals surface area contributed by atoms with Crippen molar-refractivity contribution in [1.82, 2.24) is 9.55 Å². The second kappa shape index (κ2) is 6.22. The zero-order valence-corrected chi connectivity index (χ0v) is 16.4. The number of rotatable bonds is 1. The van der Waals surface area contributed by atoms with Crippen molar-refractivity contribution >= 4 is 27.5 Å². The molecule has 5 nitrogen and oxygen atoms in total. The first-order valence-electron chi connectivity index (χ1n) is 10.3. The summed E-state index contributed by atoms with van der Waals surface area (Å²) >= 11 is 0. The Hall–Kier alpha value is -3.05. The fraction of sp³-hybridized carbons (Fsp3) is 0.292. The lowest BCUT2D eigenvalue weighted by Gasteiger charge is -2.29. The Morgan fingerprint density at radius 2 is 1.90 bits per heavy atom. The summed E-state index contributed by atoms with van der Waals surface area (Å²) in [7, 11) is 0. The van der Waals surface area contributed by atoms with Crippen LogP contribution in [-0.4, -0.2) is 41.0 Å². The summed E-state index contributed by atoms with van der Waals surface area (Å²) in [6.45, 7) is 6.12. The van der Waals surface area contributed by atoms with Crippen LogP contribution in [0, 0.1) is 0 Å². The number of hydrogen-bond donors (Lipinski definition) is 1. The molecule has 0 aliphatic carbocycles. The molecule has 146 valence electrons. The van der Waals surface area contributed by atoms with E-state index in [2.05, 4.69) is 58.9 Å². The van der Waals surface area contributed by atoms with E-state index >= 15 is 0 Å². The number of hydrogen-bond acceptors (Lipinski definition) is 4. The predicted octanol–water partition coefficient (Wildman–Crippen LogP) is 4.25. The first-order chi connectivity index (χ1) is 14.2. The van der Waals surface area contributed by atoms with Crippen molar-refractivity contribution in [2.75, 3.05) is 31.2 Å². The molecule has 2 aliphatic rings. The number of phenols is 1. The summed E-state index contributed by atoms with van der Waals surface area (Å²) in [5.41, 5.74) is 5.43. The van der Waals surface area contributed by atoms with Crippen molar-refractivity contribution in [3.8, 4) is 5.75 Å². The van der Waals surface area contributed by atoms with Crippen molar-refractivity contribution in [1.29, 1.82) is 0 Å². The quantitative estimate of drug-likeness (QED) is 0.532. The smallest absolute Gasteiger partial charge is 0.145 e. The lowest BCUT2D eigenvalue weighted by atomic mass is 9.88. The molecule has 6 rings (SSSR count). The van der Waals surface area contributed by atoms with Crippen molar-refractivity contribution in [3.05, 3.63) is 65.5 Å². The lowest BCUT2D eigenvalue weighted by Crippen LogP contribution is -2.36. The van der Waals surface area contributed by atoms with Crippen LogP contribution in [0.3, 0.4) is 0 Å². The Morgan fingerprint density at radius 3 is 2.76 bits per heavy atom. The molecule has 1 aromatic heterocycles. The van der Waals surface area contributed by atoms with Crippen LogP contribution >= 0.6 is 0 Å². The van der Waals surface area contributed by atoms with Gasteiger partial charge in [-0.2, -0.15) is 0 Å². The molecule has 0 saturated carbocycles. The standard InChI is InChI=1S/C24H23N3O2/c1-15-18-7-6-16-4-2-3-5-19(16)20(18)14-27-21-12-17(26-8-10-29-11-9-26)13-22(28)23(21)25-24(15)27/h2-7,12-13,15,28H,8-11,14H2,1H3. The van der Waals surface area contributed by atoms with Crippen molar-refractivity contribution < 1.29 is 9.84 Å². The SMILES string of the molecule is CC1c2ccc3ccccc3c2Cn2c1nc1c(O)cc(N3CCOCC3)cc12. The van der Waals surface area contributed by atoms with E-state index in [4.69, 9.17) is 9.72 Å². The van der Waals surface area contributed by atoms with Gasteiger partial charge < -0.3 is 19.3 Å². The zero-order valence-electron chi connectivity index (χ0n) is 16.4. The van der Waals surface area contributed by atoms with Gasteiger partial charge in [-0.25, -0.2) is 4.98 Å². The summed E-state index contributed by atoms with van der Waals surface area (Å²) in [5, 5.41) is 13.3. The Bertz CT molecular complexity index is 1250. The predicted molar refractivity (Wildman–Crippen MR) is 115 cm³/mol. The van der Waals surface area contributed by atoms with Gasteiger partial charge in [0.1, 0.15) is 17.1 Å². The van der Waals surface area contributed by atoms with Gasteiger partial charge in [-0.3, -0.25) is 0 Å². The van der Waals surface area contributed by atoms with Crippen LogP contribution in [0.5, 0.6) is 5.75 Å². The second-order valence-electron chi connectivity index (χ2n) is 8.06. The highest BCUT2D eigenvalue weighted by Gasteiger charge is 2.28. The molecular formula is C24H23N3O2. The molecule has 1 N–H and O–H groups in total. The molecule has 4 aromatic rings. The molecule has 0 amide bonds. The average Bonchev–Trinajstić information content (AvgIpc) is 3.14. The summed E-state index contributed by atoms with van der Waals surface area (Å²) in [6, 6.07) is 17.1. The van der Waals surface area contributed by atoms with Crippen LogP contribution < -0.4 is 4.90 Å². The molecule has 1 atom stereocenters. The van der Waals surface area contributed by atoms with Gasteiger partial charge in [0.25, 0.3) is 0 Å². The fourth-order valence-electron chi connectivity index (χ4n) is 4.94. The highest BCUT2D eigenvalue weighted by Crippen LogP contribution is 2.40. The number of phenolic OH excluding ortho intramolecular Hbond substituents is 1. The average molecular weight is 385 g/mol. The van der Waals surface area contributed by atoms with Crippen LogP contribution in [0.4, 0.5) is 5.69 Å². The monoisotopic (exact) mass is 385 g/mol. The summed E-state index contributed by atoms with van der Waals surface area (Å²) in [5.74, 6) is 1.46. The third kappa shape index (κ3) is 2.47. The van der Waals surface area contributed by atoms with E-state index in [1.807, 2.05) is 6.07 Å². The molecule has 2 aliphatic heterocycles. The number of fused-ring (bicyclic) bond motifs is 6. The van der Waals surface area contributed by atoms with Crippen LogP contribution in [0.25, 0.3) is 21.8 Å². The first kappa shape index (κ1) is 16.9. The number of morpholine rings is 1. The maximum absolute atomic E-state index is 10.8. The van der Waals surface area contributed by atoms with Crippen LogP contribution in [0.15, 0.2) is 48.5 Å². The van der Waals surface area contributed by atoms with Gasteiger partial charge in [0, 0.05) is 30.8 Å². The first-order valence-corrected chi connectivity index (χ1v) is 10.3. The normalized spacial score (nSPS) is 18.8. The van der Waals surface area contributed by atoms with Gasteiger partial charge in [0.05, 0.1) is 25.3 Å². The van der Waals surface area contributed by atoms with Gasteiger partial charge in [-0.1, -0.05) is 43.3 Å². The topological polar surface area (TPSA) is 50.5 Å². The fourth-order valence-corrected chi connectivity index (χ4v) is 4.94. The second-order valence-corrected chi connectivity index (χ2v) is 8.06. The Kier molecular flexibility index (Phi) is 3.62. The molecule has 1 fully saturated rings. The van der Waals surface area contributed by atoms with E-state index in [1.165, 1.54) is 21.9 Å². The van der Waals surface area contributed by atoms with E-state index in [9.17, 15) is 5.11 Å². The molecule has 29 heavy (non-hydrogen) atoms. The van der Waals surface area contributed by atoms with E-state index in [-0.39, 0.29) is 11.7 Å². The van der Waals surface area contributed by atoms with Crippen LogP contribution in [0.2, 0.25) is 0 Å². The van der Waals surface area contributed by atoms with Crippen molar-refractivity contribution in [2.45, 2.75) is 19.4 Å². The minimum Gasteiger partial charge on any atom is -0.506 e. The maximum atomic E-state index is 10.8. The number of imidazole rings is 1. The Labute approximate surface area is 169 Å². The van der Waals surface area contributed by atoms with Gasteiger partial charge >= 0.3 is 0 Å². The van der Waals surface area contributed by atoms with E-state index < -0.39 is 0 Å². The molecular weight excluding hydrogens is 362 g/mol. The van der Waals surface area contributed by atoms with Gasteiger partial charge in [0.15, 0.2) is 0 Å². The highest BCUT2D eigenvalue weighted by molar-refractivity contribution is 5.90. The third-order valence-electron chi connectivity index (χ3n) is 6.47. The maximum Gasteiger partial charge on any atom is 0.145 e. The van der Waals surface area contributed by atoms with E-state index in [0.29, 0.717) is 5.52 Å². The molecule has 0 bridgehead atoms. The lowest BCUT2D eigenvalue weighted by molar-refractivity contribution is 0.122. The third-order valence-corrected chi connectivity index (χ3v) is 6.47. The largest absolute Gasteiger partial charge is 0.506 e. The molecule has 1 unspecified atom stereocenters. The Morgan fingerprint density at radius 1 is 1.07 bits per heavy atom. The summed E-state index contributed by atoms with van der Waals surface area (Å²) in [6.07, 6.45) is 0. The zero-order chi connectivity index (χ0) is 19.5. The number of ether oxygens (including phenoxy) is 1. The van der Waals surface area contributed by atoms with Gasteiger partial charge in [-0.15, -0.1) is 0 Å². The Balaban J connectivity index is 1.55. The molecule has 0 radical (unpaired) electrons. The van der Waals surface area contributed by atoms with E-state index in [0.717, 1.165) is 49.9 Å². The van der Waals surface area contributed by atoms with E-state index in [1.54, 1.807) is 0 Å². The molecule has 3 heterocycles. The number of aromatic nitrogens is 2. The number of aromatic hydroxyl groups is 1. The van der Waals surface area contributed by atoms with Crippen LogP contribution in [0.1, 0.15) is 29.8 Å². The molecule has 1 saturated heterocycles.